The van der Waals surface area contributed by atoms with Crippen molar-refractivity contribution in [2.45, 2.75) is 38.9 Å². The Kier molecular flexibility index (Phi) is 4.80. The van der Waals surface area contributed by atoms with Crippen LogP contribution >= 0.6 is 0 Å². The zero-order valence-electron chi connectivity index (χ0n) is 13.2. The van der Waals surface area contributed by atoms with Crippen molar-refractivity contribution in [2.75, 3.05) is 19.6 Å². The number of benzene rings is 1. The molecule has 1 aliphatic heterocycles. The predicted octanol–water partition coefficient (Wildman–Crippen LogP) is 1.70. The molecule has 1 aromatic heterocycles. The highest BCUT2D eigenvalue weighted by atomic mass is 16.5. The second-order valence-corrected chi connectivity index (χ2v) is 5.96. The third-order valence-electron chi connectivity index (χ3n) is 3.90. The summed E-state index contributed by atoms with van der Waals surface area (Å²) >= 11 is 0. The maximum absolute atomic E-state index is 5.77. The molecule has 0 N–H and O–H groups in total. The summed E-state index contributed by atoms with van der Waals surface area (Å²) < 4.78 is 7.59. The van der Waals surface area contributed by atoms with Gasteiger partial charge in [0, 0.05) is 19.5 Å². The molecule has 0 bridgehead atoms. The Labute approximate surface area is 131 Å². The van der Waals surface area contributed by atoms with E-state index < -0.39 is 0 Å². The number of ether oxygens (including phenoxy) is 1. The van der Waals surface area contributed by atoms with Crippen molar-refractivity contribution in [1.82, 2.24) is 25.1 Å². The maximum Gasteiger partial charge on any atom is 0.156 e. The lowest BCUT2D eigenvalue weighted by atomic mass is 10.2. The van der Waals surface area contributed by atoms with Gasteiger partial charge in [-0.05, 0) is 49.4 Å². The first-order valence-electron chi connectivity index (χ1n) is 7.93. The van der Waals surface area contributed by atoms with Gasteiger partial charge < -0.3 is 4.74 Å². The fourth-order valence-corrected chi connectivity index (χ4v) is 3.06. The zero-order chi connectivity index (χ0) is 15.4. The van der Waals surface area contributed by atoms with Crippen LogP contribution in [0.2, 0.25) is 0 Å². The van der Waals surface area contributed by atoms with Gasteiger partial charge in [-0.2, -0.15) is 4.68 Å². The van der Waals surface area contributed by atoms with Crippen LogP contribution in [0.4, 0.5) is 0 Å². The molecule has 2 aromatic rings. The number of para-hydroxylation sites is 1. The van der Waals surface area contributed by atoms with Crippen LogP contribution in [0.25, 0.3) is 5.69 Å². The average molecular weight is 301 g/mol. The second kappa shape index (κ2) is 6.98. The molecule has 2 atom stereocenters. The van der Waals surface area contributed by atoms with Crippen LogP contribution in [0.1, 0.15) is 26.1 Å². The molecule has 2 heterocycles. The molecular formula is C16H23N5O. The molecule has 1 fully saturated rings. The molecule has 3 rings (SSSR count). The molecule has 0 aliphatic carbocycles. The predicted molar refractivity (Wildman–Crippen MR) is 83.9 cm³/mol. The molecule has 118 valence electrons. The highest BCUT2D eigenvalue weighted by Crippen LogP contribution is 2.12. The van der Waals surface area contributed by atoms with Crippen LogP contribution in [-0.4, -0.2) is 56.9 Å². The van der Waals surface area contributed by atoms with Crippen LogP contribution < -0.4 is 0 Å². The minimum absolute atomic E-state index is 0.318. The van der Waals surface area contributed by atoms with Gasteiger partial charge in [0.05, 0.1) is 17.9 Å². The summed E-state index contributed by atoms with van der Waals surface area (Å²) in [5.41, 5.74) is 1.01. The smallest absolute Gasteiger partial charge is 0.156 e. The Hall–Kier alpha value is -1.79. The van der Waals surface area contributed by atoms with Crippen LogP contribution in [0.3, 0.4) is 0 Å². The number of tetrazole rings is 1. The van der Waals surface area contributed by atoms with Crippen LogP contribution in [0.15, 0.2) is 30.3 Å². The van der Waals surface area contributed by atoms with Gasteiger partial charge in [0.15, 0.2) is 5.82 Å². The van der Waals surface area contributed by atoms with E-state index in [0.717, 1.165) is 44.0 Å². The van der Waals surface area contributed by atoms with Gasteiger partial charge in [-0.15, -0.1) is 5.10 Å². The Morgan fingerprint density at radius 2 is 1.86 bits per heavy atom. The monoisotopic (exact) mass is 301 g/mol. The van der Waals surface area contributed by atoms with E-state index in [1.807, 2.05) is 35.0 Å². The van der Waals surface area contributed by atoms with Crippen LogP contribution in [0.5, 0.6) is 0 Å². The summed E-state index contributed by atoms with van der Waals surface area (Å²) in [6.45, 7) is 7.35. The van der Waals surface area contributed by atoms with Crippen molar-refractivity contribution in [2.24, 2.45) is 0 Å². The number of hydrogen-bond donors (Lipinski definition) is 0. The first-order valence-corrected chi connectivity index (χ1v) is 7.93. The summed E-state index contributed by atoms with van der Waals surface area (Å²) in [6.07, 6.45) is 2.56. The number of hydrogen-bond acceptors (Lipinski definition) is 5. The van der Waals surface area contributed by atoms with E-state index in [9.17, 15) is 0 Å². The van der Waals surface area contributed by atoms with E-state index in [4.69, 9.17) is 4.74 Å². The van der Waals surface area contributed by atoms with Crippen molar-refractivity contribution in [3.8, 4) is 5.69 Å². The summed E-state index contributed by atoms with van der Waals surface area (Å²) in [4.78, 5) is 2.47. The van der Waals surface area contributed by atoms with Crippen LogP contribution in [-0.2, 0) is 11.2 Å². The molecule has 2 unspecified atom stereocenters. The van der Waals surface area contributed by atoms with Gasteiger partial charge >= 0.3 is 0 Å². The second-order valence-electron chi connectivity index (χ2n) is 5.96. The van der Waals surface area contributed by atoms with E-state index in [-0.39, 0.29) is 0 Å². The number of aromatic nitrogens is 4. The summed E-state index contributed by atoms with van der Waals surface area (Å²) in [6, 6.07) is 10.0. The van der Waals surface area contributed by atoms with Gasteiger partial charge in [-0.3, -0.25) is 4.90 Å². The molecule has 0 spiro atoms. The van der Waals surface area contributed by atoms with Crippen LogP contribution in [0, 0.1) is 0 Å². The maximum atomic E-state index is 5.77. The SMILES string of the molecule is CC1CN(CCCc2nnnn2-c2ccccc2)CC(C)O1. The molecule has 0 saturated carbocycles. The van der Waals surface area contributed by atoms with E-state index in [2.05, 4.69) is 34.3 Å². The quantitative estimate of drug-likeness (QED) is 0.841. The standard InChI is InChI=1S/C16H23N5O/c1-13-11-20(12-14(2)22-13)10-6-9-16-17-18-19-21(16)15-7-4-3-5-8-15/h3-5,7-8,13-14H,6,9-12H2,1-2H3. The largest absolute Gasteiger partial charge is 0.373 e. The molecule has 6 nitrogen and oxygen atoms in total. The third kappa shape index (κ3) is 3.69. The topological polar surface area (TPSA) is 56.1 Å². The van der Waals surface area contributed by atoms with E-state index in [1.165, 1.54) is 0 Å². The lowest BCUT2D eigenvalue weighted by molar-refractivity contribution is -0.0680. The van der Waals surface area contributed by atoms with Gasteiger partial charge in [-0.1, -0.05) is 18.2 Å². The first kappa shape index (κ1) is 15.1. The lowest BCUT2D eigenvalue weighted by Crippen LogP contribution is -2.45. The van der Waals surface area contributed by atoms with Gasteiger partial charge in [0.25, 0.3) is 0 Å². The Balaban J connectivity index is 1.56. The molecule has 1 saturated heterocycles. The van der Waals surface area contributed by atoms with Crippen molar-refractivity contribution in [3.05, 3.63) is 36.2 Å². The summed E-state index contributed by atoms with van der Waals surface area (Å²) in [5, 5.41) is 12.1. The Morgan fingerprint density at radius 1 is 1.14 bits per heavy atom. The highest BCUT2D eigenvalue weighted by molar-refractivity contribution is 5.30. The molecule has 0 amide bonds. The number of aryl methyl sites for hydroxylation is 1. The zero-order valence-corrected chi connectivity index (χ0v) is 13.2. The molecule has 6 heteroatoms. The van der Waals surface area contributed by atoms with Gasteiger partial charge in [-0.25, -0.2) is 0 Å². The normalized spacial score (nSPS) is 22.8. The van der Waals surface area contributed by atoms with Gasteiger partial charge in [0.2, 0.25) is 0 Å². The molecule has 1 aromatic carbocycles. The molecule has 1 aliphatic rings. The fourth-order valence-electron chi connectivity index (χ4n) is 3.06. The number of rotatable bonds is 5. The molecular weight excluding hydrogens is 278 g/mol. The van der Waals surface area contributed by atoms with E-state index in [1.54, 1.807) is 0 Å². The Morgan fingerprint density at radius 3 is 2.59 bits per heavy atom. The van der Waals surface area contributed by atoms with E-state index >= 15 is 0 Å². The fraction of sp³-hybridized carbons (Fsp3) is 0.562. The van der Waals surface area contributed by atoms with Gasteiger partial charge in [0.1, 0.15) is 0 Å². The minimum Gasteiger partial charge on any atom is -0.373 e. The highest BCUT2D eigenvalue weighted by Gasteiger charge is 2.21. The minimum atomic E-state index is 0.318. The number of nitrogens with zero attached hydrogens (tertiary/aromatic N) is 5. The molecule has 0 radical (unpaired) electrons. The molecule has 22 heavy (non-hydrogen) atoms. The third-order valence-corrected chi connectivity index (χ3v) is 3.90. The summed E-state index contributed by atoms with van der Waals surface area (Å²) in [7, 11) is 0. The van der Waals surface area contributed by atoms with E-state index in [0.29, 0.717) is 12.2 Å². The average Bonchev–Trinajstić information content (AvgIpc) is 2.96. The van der Waals surface area contributed by atoms with Crippen molar-refractivity contribution >= 4 is 0 Å². The summed E-state index contributed by atoms with van der Waals surface area (Å²) in [5.74, 6) is 0.917. The Bertz CT molecular complexity index is 575. The lowest BCUT2D eigenvalue weighted by Gasteiger charge is -2.35. The van der Waals surface area contributed by atoms with Crippen molar-refractivity contribution in [1.29, 1.82) is 0 Å². The first-order chi connectivity index (χ1) is 10.7. The van der Waals surface area contributed by atoms with Crippen molar-refractivity contribution < 1.29 is 4.74 Å². The van der Waals surface area contributed by atoms with Crippen molar-refractivity contribution in [3.63, 3.8) is 0 Å². The number of morpholine rings is 1.